The number of rotatable bonds is 5. The number of likely N-dealkylation sites (N-methyl/N-ethyl adjacent to an activating group) is 1. The first-order valence-corrected chi connectivity index (χ1v) is 8.14. The molecule has 0 bridgehead atoms. The van der Waals surface area contributed by atoms with Crippen molar-refractivity contribution in [1.82, 2.24) is 19.7 Å². The number of amides is 2. The summed E-state index contributed by atoms with van der Waals surface area (Å²) in [5.74, 6) is 0.241. The van der Waals surface area contributed by atoms with Gasteiger partial charge in [0, 0.05) is 19.5 Å². The molecule has 0 aliphatic heterocycles. The number of aryl methyl sites for hydroxylation is 2. The molecule has 7 nitrogen and oxygen atoms in total. The molecule has 0 saturated heterocycles. The standard InChI is InChI=1S/C18H20FN5O2/c1-12-16-10-14(11-20-17(16)24(3)22-12)21-18(25)23(2)8-9-26-15-6-4-13(19)5-7-15/h4-7,10-11H,8-9H2,1-3H3,(H,21,25). The Morgan fingerprint density at radius 3 is 2.81 bits per heavy atom. The van der Waals surface area contributed by atoms with Crippen molar-refractivity contribution in [2.75, 3.05) is 25.5 Å². The first-order valence-electron chi connectivity index (χ1n) is 8.14. The minimum Gasteiger partial charge on any atom is -0.492 e. The van der Waals surface area contributed by atoms with E-state index in [9.17, 15) is 9.18 Å². The third-order valence-corrected chi connectivity index (χ3v) is 3.97. The second-order valence-corrected chi connectivity index (χ2v) is 5.96. The monoisotopic (exact) mass is 357 g/mol. The molecule has 1 aromatic carbocycles. The van der Waals surface area contributed by atoms with E-state index in [0.717, 1.165) is 16.7 Å². The topological polar surface area (TPSA) is 72.3 Å². The molecule has 2 aromatic heterocycles. The number of pyridine rings is 1. The molecule has 3 aromatic rings. The Labute approximate surface area is 150 Å². The number of hydrogen-bond acceptors (Lipinski definition) is 4. The number of carbonyl (C=O) groups is 1. The number of benzene rings is 1. The summed E-state index contributed by atoms with van der Waals surface area (Å²) in [5, 5.41) is 8.02. The molecule has 0 unspecified atom stereocenters. The maximum absolute atomic E-state index is 12.8. The summed E-state index contributed by atoms with van der Waals surface area (Å²) in [6.07, 6.45) is 1.60. The SMILES string of the molecule is Cc1nn(C)c2ncc(NC(=O)N(C)CCOc3ccc(F)cc3)cc12. The van der Waals surface area contributed by atoms with Gasteiger partial charge >= 0.3 is 6.03 Å². The summed E-state index contributed by atoms with van der Waals surface area (Å²) in [5.41, 5.74) is 2.22. The van der Waals surface area contributed by atoms with Crippen molar-refractivity contribution in [2.45, 2.75) is 6.92 Å². The molecule has 8 heteroatoms. The van der Waals surface area contributed by atoms with E-state index in [1.807, 2.05) is 20.0 Å². The third kappa shape index (κ3) is 3.90. The molecule has 2 heterocycles. The molecule has 3 rings (SSSR count). The number of nitrogens with zero attached hydrogens (tertiary/aromatic N) is 4. The van der Waals surface area contributed by atoms with E-state index in [2.05, 4.69) is 15.4 Å². The van der Waals surface area contributed by atoms with Crippen molar-refractivity contribution < 1.29 is 13.9 Å². The number of hydrogen-bond donors (Lipinski definition) is 1. The summed E-state index contributed by atoms with van der Waals surface area (Å²) in [7, 11) is 3.50. The van der Waals surface area contributed by atoms with Gasteiger partial charge in [0.15, 0.2) is 5.65 Å². The van der Waals surface area contributed by atoms with Crippen molar-refractivity contribution in [3.63, 3.8) is 0 Å². The first kappa shape index (κ1) is 17.7. The Bertz CT molecular complexity index is 923. The molecular formula is C18H20FN5O2. The highest BCUT2D eigenvalue weighted by molar-refractivity contribution is 5.91. The number of anilines is 1. The Morgan fingerprint density at radius 2 is 2.08 bits per heavy atom. The van der Waals surface area contributed by atoms with E-state index in [1.54, 1.807) is 30.1 Å². The second-order valence-electron chi connectivity index (χ2n) is 5.96. The van der Waals surface area contributed by atoms with Gasteiger partial charge in [0.1, 0.15) is 18.2 Å². The highest BCUT2D eigenvalue weighted by Gasteiger charge is 2.12. The molecule has 0 spiro atoms. The van der Waals surface area contributed by atoms with Gasteiger partial charge in [-0.3, -0.25) is 4.68 Å². The maximum atomic E-state index is 12.8. The van der Waals surface area contributed by atoms with Gasteiger partial charge in [-0.05, 0) is 37.3 Å². The molecule has 0 aliphatic carbocycles. The molecular weight excluding hydrogens is 337 g/mol. The van der Waals surface area contributed by atoms with Gasteiger partial charge < -0.3 is 15.0 Å². The fraction of sp³-hybridized carbons (Fsp3) is 0.278. The van der Waals surface area contributed by atoms with Crippen LogP contribution in [-0.4, -0.2) is 45.9 Å². The van der Waals surface area contributed by atoms with Crippen LogP contribution in [0.25, 0.3) is 11.0 Å². The number of aromatic nitrogens is 3. The van der Waals surface area contributed by atoms with E-state index in [-0.39, 0.29) is 11.8 Å². The minimum atomic E-state index is -0.316. The zero-order valence-electron chi connectivity index (χ0n) is 14.9. The lowest BCUT2D eigenvalue weighted by Gasteiger charge is -2.18. The molecule has 0 fully saturated rings. The van der Waals surface area contributed by atoms with E-state index in [1.165, 1.54) is 17.0 Å². The van der Waals surface area contributed by atoms with E-state index < -0.39 is 0 Å². The predicted molar refractivity (Wildman–Crippen MR) is 96.8 cm³/mol. The lowest BCUT2D eigenvalue weighted by molar-refractivity contribution is 0.207. The van der Waals surface area contributed by atoms with Crippen LogP contribution in [0.4, 0.5) is 14.9 Å². The summed E-state index contributed by atoms with van der Waals surface area (Å²) < 4.78 is 20.0. The van der Waals surface area contributed by atoms with Gasteiger partial charge in [0.2, 0.25) is 0 Å². The highest BCUT2D eigenvalue weighted by atomic mass is 19.1. The molecule has 0 saturated carbocycles. The average molecular weight is 357 g/mol. The van der Waals surface area contributed by atoms with E-state index in [4.69, 9.17) is 4.74 Å². The summed E-state index contributed by atoms with van der Waals surface area (Å²) in [4.78, 5) is 18.1. The molecule has 0 aliphatic rings. The van der Waals surface area contributed by atoms with Crippen molar-refractivity contribution in [2.24, 2.45) is 7.05 Å². The molecule has 136 valence electrons. The fourth-order valence-electron chi connectivity index (χ4n) is 2.53. The van der Waals surface area contributed by atoms with Gasteiger partial charge in [0.05, 0.1) is 24.1 Å². The molecule has 0 atom stereocenters. The number of fused-ring (bicyclic) bond motifs is 1. The smallest absolute Gasteiger partial charge is 0.321 e. The van der Waals surface area contributed by atoms with Crippen LogP contribution in [0.5, 0.6) is 5.75 Å². The van der Waals surface area contributed by atoms with Crippen molar-refractivity contribution >= 4 is 22.8 Å². The van der Waals surface area contributed by atoms with E-state index >= 15 is 0 Å². The number of ether oxygens (including phenoxy) is 1. The quantitative estimate of drug-likeness (QED) is 0.762. The van der Waals surface area contributed by atoms with Crippen molar-refractivity contribution in [1.29, 1.82) is 0 Å². The molecule has 26 heavy (non-hydrogen) atoms. The third-order valence-electron chi connectivity index (χ3n) is 3.97. The Kier molecular flexibility index (Phi) is 5.01. The largest absolute Gasteiger partial charge is 0.492 e. The number of halogens is 1. The van der Waals surface area contributed by atoms with Gasteiger partial charge in [-0.25, -0.2) is 14.2 Å². The molecule has 0 radical (unpaired) electrons. The zero-order valence-corrected chi connectivity index (χ0v) is 14.9. The van der Waals surface area contributed by atoms with Crippen LogP contribution in [0.1, 0.15) is 5.69 Å². The highest BCUT2D eigenvalue weighted by Crippen LogP contribution is 2.19. The van der Waals surface area contributed by atoms with Crippen molar-refractivity contribution in [3.8, 4) is 5.75 Å². The lowest BCUT2D eigenvalue weighted by Crippen LogP contribution is -2.34. The average Bonchev–Trinajstić information content (AvgIpc) is 2.90. The lowest BCUT2D eigenvalue weighted by atomic mass is 10.2. The number of nitrogens with one attached hydrogen (secondary N) is 1. The Balaban J connectivity index is 1.55. The van der Waals surface area contributed by atoms with Gasteiger partial charge in [-0.15, -0.1) is 0 Å². The normalized spacial score (nSPS) is 10.8. The van der Waals surface area contributed by atoms with Crippen LogP contribution < -0.4 is 10.1 Å². The second kappa shape index (κ2) is 7.38. The fourth-order valence-corrected chi connectivity index (χ4v) is 2.53. The van der Waals surface area contributed by atoms with Crippen LogP contribution in [0.15, 0.2) is 36.5 Å². The van der Waals surface area contributed by atoms with Crippen LogP contribution in [0.2, 0.25) is 0 Å². The van der Waals surface area contributed by atoms with E-state index in [0.29, 0.717) is 24.6 Å². The van der Waals surface area contributed by atoms with Gasteiger partial charge in [-0.1, -0.05) is 0 Å². The summed E-state index contributed by atoms with van der Waals surface area (Å²) >= 11 is 0. The summed E-state index contributed by atoms with van der Waals surface area (Å²) in [6.45, 7) is 2.58. The van der Waals surface area contributed by atoms with Crippen LogP contribution in [-0.2, 0) is 7.05 Å². The Hall–Kier alpha value is -3.16. The minimum absolute atomic E-state index is 0.268. The number of carbonyl (C=O) groups excluding carboxylic acids is 1. The van der Waals surface area contributed by atoms with Crippen LogP contribution in [0.3, 0.4) is 0 Å². The Morgan fingerprint density at radius 1 is 1.35 bits per heavy atom. The maximum Gasteiger partial charge on any atom is 0.321 e. The predicted octanol–water partition coefficient (Wildman–Crippen LogP) is 2.96. The van der Waals surface area contributed by atoms with Gasteiger partial charge in [0.25, 0.3) is 0 Å². The molecule has 1 N–H and O–H groups in total. The van der Waals surface area contributed by atoms with Crippen LogP contribution in [0, 0.1) is 12.7 Å². The number of urea groups is 1. The van der Waals surface area contributed by atoms with Crippen LogP contribution >= 0.6 is 0 Å². The summed E-state index contributed by atoms with van der Waals surface area (Å²) in [6, 6.07) is 7.34. The van der Waals surface area contributed by atoms with Crippen molar-refractivity contribution in [3.05, 3.63) is 48.0 Å². The molecule has 2 amide bonds. The first-order chi connectivity index (χ1) is 12.4. The zero-order chi connectivity index (χ0) is 18.7. The van der Waals surface area contributed by atoms with Gasteiger partial charge in [-0.2, -0.15) is 5.10 Å².